The van der Waals surface area contributed by atoms with Gasteiger partial charge in [0.15, 0.2) is 0 Å². The molecule has 2 heteroatoms. The molecule has 3 aliphatic rings. The Morgan fingerprint density at radius 2 is 1.54 bits per heavy atom. The molecular weight excluding hydrogens is 320 g/mol. The molecule has 0 heterocycles. The van der Waals surface area contributed by atoms with E-state index in [4.69, 9.17) is 9.47 Å². The van der Waals surface area contributed by atoms with Gasteiger partial charge in [-0.05, 0) is 85.8 Å². The van der Waals surface area contributed by atoms with E-state index in [1.54, 1.807) is 0 Å². The van der Waals surface area contributed by atoms with Crippen LogP contribution in [-0.2, 0) is 4.74 Å². The summed E-state index contributed by atoms with van der Waals surface area (Å²) in [6, 6.07) is 8.64. The largest absolute Gasteiger partial charge is 0.465 e. The van der Waals surface area contributed by atoms with E-state index in [9.17, 15) is 0 Å². The van der Waals surface area contributed by atoms with Crippen LogP contribution in [0.15, 0.2) is 24.3 Å². The third kappa shape index (κ3) is 3.54. The highest BCUT2D eigenvalue weighted by molar-refractivity contribution is 5.29. The van der Waals surface area contributed by atoms with Crippen LogP contribution in [-0.4, -0.2) is 12.4 Å². The van der Waals surface area contributed by atoms with E-state index < -0.39 is 0 Å². The summed E-state index contributed by atoms with van der Waals surface area (Å²) in [5, 5.41) is 0. The van der Waals surface area contributed by atoms with Crippen LogP contribution in [0.25, 0.3) is 0 Å². The van der Waals surface area contributed by atoms with Gasteiger partial charge >= 0.3 is 0 Å². The van der Waals surface area contributed by atoms with E-state index in [0.29, 0.717) is 17.9 Å². The Bertz CT molecular complexity index is 575. The molecule has 3 aliphatic carbocycles. The SMILES string of the molecule is CCC(C)c1ccc(OC(OC2CC3C4CCC(C4)C3C2)C(C)C)cc1. The topological polar surface area (TPSA) is 18.5 Å². The molecule has 1 aromatic rings. The molecule has 3 fully saturated rings. The number of rotatable bonds is 7. The predicted molar refractivity (Wildman–Crippen MR) is 106 cm³/mol. The molecule has 0 amide bonds. The zero-order valence-corrected chi connectivity index (χ0v) is 17.0. The van der Waals surface area contributed by atoms with E-state index in [-0.39, 0.29) is 6.29 Å². The molecule has 6 unspecified atom stereocenters. The standard InChI is InChI=1S/C24H36O2/c1-5-16(4)17-8-10-20(11-9-17)25-24(15(2)3)26-21-13-22-18-6-7-19(12-18)23(22)14-21/h8-11,15-16,18-19,21-24H,5-7,12-14H2,1-4H3. The molecule has 4 rings (SSSR count). The molecule has 0 spiro atoms. The summed E-state index contributed by atoms with van der Waals surface area (Å²) in [5.41, 5.74) is 1.39. The summed E-state index contributed by atoms with van der Waals surface area (Å²) in [5.74, 6) is 5.81. The van der Waals surface area contributed by atoms with Gasteiger partial charge in [0.25, 0.3) is 0 Å². The summed E-state index contributed by atoms with van der Waals surface area (Å²) in [7, 11) is 0. The summed E-state index contributed by atoms with van der Waals surface area (Å²) in [4.78, 5) is 0. The molecule has 2 bridgehead atoms. The lowest BCUT2D eigenvalue weighted by Gasteiger charge is -2.27. The van der Waals surface area contributed by atoms with Gasteiger partial charge in [-0.15, -0.1) is 0 Å². The highest BCUT2D eigenvalue weighted by Crippen LogP contribution is 2.59. The van der Waals surface area contributed by atoms with Crippen LogP contribution in [0.1, 0.15) is 77.7 Å². The van der Waals surface area contributed by atoms with Crippen LogP contribution in [0, 0.1) is 29.6 Å². The maximum atomic E-state index is 6.51. The van der Waals surface area contributed by atoms with Crippen molar-refractivity contribution in [1.29, 1.82) is 0 Å². The van der Waals surface area contributed by atoms with Crippen molar-refractivity contribution in [2.45, 2.75) is 84.5 Å². The van der Waals surface area contributed by atoms with Crippen LogP contribution < -0.4 is 4.74 Å². The lowest BCUT2D eigenvalue weighted by Crippen LogP contribution is -2.31. The van der Waals surface area contributed by atoms with Gasteiger partial charge in [-0.25, -0.2) is 0 Å². The zero-order valence-electron chi connectivity index (χ0n) is 17.0. The molecule has 0 aliphatic heterocycles. The molecule has 3 saturated carbocycles. The minimum Gasteiger partial charge on any atom is -0.465 e. The molecule has 0 N–H and O–H groups in total. The maximum Gasteiger partial charge on any atom is 0.202 e. The van der Waals surface area contributed by atoms with Gasteiger partial charge in [-0.1, -0.05) is 39.8 Å². The van der Waals surface area contributed by atoms with E-state index in [2.05, 4.69) is 52.0 Å². The number of ether oxygens (including phenoxy) is 2. The average molecular weight is 357 g/mol. The Kier molecular flexibility index (Phi) is 5.32. The van der Waals surface area contributed by atoms with Gasteiger partial charge in [-0.2, -0.15) is 0 Å². The fourth-order valence-corrected chi connectivity index (χ4v) is 5.83. The lowest BCUT2D eigenvalue weighted by molar-refractivity contribution is -0.142. The normalized spacial score (nSPS) is 34.9. The minimum atomic E-state index is -0.133. The first-order chi connectivity index (χ1) is 12.5. The van der Waals surface area contributed by atoms with Gasteiger partial charge < -0.3 is 9.47 Å². The molecule has 0 radical (unpaired) electrons. The van der Waals surface area contributed by atoms with Crippen molar-refractivity contribution >= 4 is 0 Å². The molecule has 2 nitrogen and oxygen atoms in total. The summed E-state index contributed by atoms with van der Waals surface area (Å²) in [6.07, 6.45) is 8.44. The number of hydrogen-bond acceptors (Lipinski definition) is 2. The molecule has 0 aromatic heterocycles. The number of fused-ring (bicyclic) bond motifs is 5. The Labute approximate surface area is 159 Å². The van der Waals surface area contributed by atoms with Gasteiger partial charge in [0, 0.05) is 5.92 Å². The first kappa shape index (κ1) is 18.3. The number of hydrogen-bond donors (Lipinski definition) is 0. The second-order valence-corrected chi connectivity index (χ2v) is 9.50. The Morgan fingerprint density at radius 1 is 0.923 bits per heavy atom. The highest BCUT2D eigenvalue weighted by Gasteiger charge is 2.52. The summed E-state index contributed by atoms with van der Waals surface area (Å²) >= 11 is 0. The van der Waals surface area contributed by atoms with Crippen molar-refractivity contribution in [3.05, 3.63) is 29.8 Å². The maximum absolute atomic E-state index is 6.51. The zero-order chi connectivity index (χ0) is 18.3. The molecule has 0 saturated heterocycles. The van der Waals surface area contributed by atoms with Crippen molar-refractivity contribution in [1.82, 2.24) is 0 Å². The van der Waals surface area contributed by atoms with Crippen molar-refractivity contribution in [2.24, 2.45) is 29.6 Å². The van der Waals surface area contributed by atoms with Crippen molar-refractivity contribution in [3.63, 3.8) is 0 Å². The fourth-order valence-electron chi connectivity index (χ4n) is 5.83. The predicted octanol–water partition coefficient (Wildman–Crippen LogP) is 6.40. The van der Waals surface area contributed by atoms with Crippen LogP contribution in [0.3, 0.4) is 0 Å². The lowest BCUT2D eigenvalue weighted by atomic mass is 9.82. The van der Waals surface area contributed by atoms with Gasteiger partial charge in [-0.3, -0.25) is 0 Å². The summed E-state index contributed by atoms with van der Waals surface area (Å²) in [6.45, 7) is 8.93. The van der Waals surface area contributed by atoms with E-state index in [1.165, 1.54) is 44.1 Å². The number of benzene rings is 1. The van der Waals surface area contributed by atoms with Crippen molar-refractivity contribution < 1.29 is 9.47 Å². The van der Waals surface area contributed by atoms with E-state index in [1.807, 2.05) is 0 Å². The molecule has 6 atom stereocenters. The van der Waals surface area contributed by atoms with E-state index >= 15 is 0 Å². The summed E-state index contributed by atoms with van der Waals surface area (Å²) < 4.78 is 12.8. The van der Waals surface area contributed by atoms with Gasteiger partial charge in [0.05, 0.1) is 6.10 Å². The smallest absolute Gasteiger partial charge is 0.202 e. The van der Waals surface area contributed by atoms with Crippen LogP contribution >= 0.6 is 0 Å². The van der Waals surface area contributed by atoms with Crippen molar-refractivity contribution in [2.75, 3.05) is 0 Å². The first-order valence-corrected chi connectivity index (χ1v) is 11.0. The Hall–Kier alpha value is -1.02. The highest BCUT2D eigenvalue weighted by atomic mass is 16.7. The molecule has 1 aromatic carbocycles. The molecular formula is C24H36O2. The minimum absolute atomic E-state index is 0.133. The molecule has 26 heavy (non-hydrogen) atoms. The quantitative estimate of drug-likeness (QED) is 0.526. The monoisotopic (exact) mass is 356 g/mol. The van der Waals surface area contributed by atoms with Crippen LogP contribution in [0.4, 0.5) is 0 Å². The van der Waals surface area contributed by atoms with E-state index in [0.717, 1.165) is 29.4 Å². The third-order valence-corrected chi connectivity index (χ3v) is 7.53. The van der Waals surface area contributed by atoms with Crippen molar-refractivity contribution in [3.8, 4) is 5.75 Å². The Balaban J connectivity index is 1.36. The second kappa shape index (κ2) is 7.54. The Morgan fingerprint density at radius 3 is 2.08 bits per heavy atom. The second-order valence-electron chi connectivity index (χ2n) is 9.50. The van der Waals surface area contributed by atoms with Crippen LogP contribution in [0.2, 0.25) is 0 Å². The molecule has 144 valence electrons. The van der Waals surface area contributed by atoms with Gasteiger partial charge in [0.1, 0.15) is 5.75 Å². The van der Waals surface area contributed by atoms with Crippen LogP contribution in [0.5, 0.6) is 5.75 Å². The first-order valence-electron chi connectivity index (χ1n) is 11.0. The third-order valence-electron chi connectivity index (χ3n) is 7.53. The average Bonchev–Trinajstić information content (AvgIpc) is 3.34. The fraction of sp³-hybridized carbons (Fsp3) is 0.750. The van der Waals surface area contributed by atoms with Gasteiger partial charge in [0.2, 0.25) is 6.29 Å².